The fourth-order valence-electron chi connectivity index (χ4n) is 2.06. The third-order valence-electron chi connectivity index (χ3n) is 3.02. The lowest BCUT2D eigenvalue weighted by Gasteiger charge is -2.04. The number of nitrogens with two attached hydrogens (primary N) is 1. The van der Waals surface area contributed by atoms with Gasteiger partial charge in [-0.1, -0.05) is 37.6 Å². The van der Waals surface area contributed by atoms with Crippen molar-refractivity contribution in [2.24, 2.45) is 5.92 Å². The Hall–Kier alpha value is -1.99. The van der Waals surface area contributed by atoms with Crippen LogP contribution in [0.5, 0.6) is 0 Å². The molecule has 0 unspecified atom stereocenters. The van der Waals surface area contributed by atoms with Gasteiger partial charge in [0.2, 0.25) is 0 Å². The second-order valence-corrected chi connectivity index (χ2v) is 5.64. The van der Waals surface area contributed by atoms with Crippen LogP contribution >= 0.6 is 11.6 Å². The number of hydrogen-bond donors (Lipinski definition) is 1. The lowest BCUT2D eigenvalue weighted by molar-refractivity contribution is 0.609. The number of hydrogen-bond acceptors (Lipinski definition) is 3. The predicted octanol–water partition coefficient (Wildman–Crippen LogP) is 3.24. The monoisotopic (exact) mass is 288 g/mol. The Morgan fingerprint density at radius 3 is 2.55 bits per heavy atom. The van der Waals surface area contributed by atoms with E-state index in [0.29, 0.717) is 28.9 Å². The molecule has 2 rings (SSSR count). The van der Waals surface area contributed by atoms with Gasteiger partial charge in [0.1, 0.15) is 17.5 Å². The van der Waals surface area contributed by atoms with Crippen molar-refractivity contribution < 1.29 is 0 Å². The zero-order chi connectivity index (χ0) is 14.7. The zero-order valence-corrected chi connectivity index (χ0v) is 12.4. The molecule has 1 aromatic heterocycles. The maximum atomic E-state index is 9.23. The van der Waals surface area contributed by atoms with Gasteiger partial charge in [0, 0.05) is 5.02 Å². The molecule has 0 amide bonds. The second-order valence-electron chi connectivity index (χ2n) is 5.20. The minimum absolute atomic E-state index is 0.429. The van der Waals surface area contributed by atoms with Crippen molar-refractivity contribution in [2.45, 2.75) is 26.8 Å². The van der Waals surface area contributed by atoms with Gasteiger partial charge in [-0.15, -0.1) is 0 Å². The normalized spacial score (nSPS) is 10.8. The van der Waals surface area contributed by atoms with E-state index in [1.807, 2.05) is 24.3 Å². The molecule has 0 saturated carbocycles. The molecule has 104 valence electrons. The van der Waals surface area contributed by atoms with Crippen LogP contribution in [-0.2, 0) is 13.0 Å². The van der Waals surface area contributed by atoms with Crippen LogP contribution in [0.15, 0.2) is 24.3 Å². The highest BCUT2D eigenvalue weighted by molar-refractivity contribution is 6.30. The Bertz CT molecular complexity index is 635. The van der Waals surface area contributed by atoms with Crippen molar-refractivity contribution in [3.05, 3.63) is 46.1 Å². The van der Waals surface area contributed by atoms with Crippen molar-refractivity contribution in [3.8, 4) is 6.07 Å². The first-order valence-electron chi connectivity index (χ1n) is 6.51. The summed E-state index contributed by atoms with van der Waals surface area (Å²) in [4.78, 5) is 0. The number of anilines is 1. The van der Waals surface area contributed by atoms with Gasteiger partial charge in [0.15, 0.2) is 0 Å². The molecular weight excluding hydrogens is 272 g/mol. The van der Waals surface area contributed by atoms with E-state index in [4.69, 9.17) is 17.3 Å². The van der Waals surface area contributed by atoms with E-state index >= 15 is 0 Å². The smallest absolute Gasteiger partial charge is 0.140 e. The molecular formula is C15H17ClN4. The summed E-state index contributed by atoms with van der Waals surface area (Å²) in [6.07, 6.45) is 0.751. The topological polar surface area (TPSA) is 67.6 Å². The zero-order valence-electron chi connectivity index (χ0n) is 11.6. The van der Waals surface area contributed by atoms with E-state index in [1.54, 1.807) is 4.68 Å². The Morgan fingerprint density at radius 2 is 2.00 bits per heavy atom. The highest BCUT2D eigenvalue weighted by atomic mass is 35.5. The van der Waals surface area contributed by atoms with E-state index in [9.17, 15) is 5.26 Å². The summed E-state index contributed by atoms with van der Waals surface area (Å²) >= 11 is 5.86. The Balaban J connectivity index is 2.30. The Labute approximate surface area is 123 Å². The van der Waals surface area contributed by atoms with E-state index < -0.39 is 0 Å². The van der Waals surface area contributed by atoms with Crippen LogP contribution < -0.4 is 5.73 Å². The third-order valence-corrected chi connectivity index (χ3v) is 3.28. The van der Waals surface area contributed by atoms with Gasteiger partial charge in [0.25, 0.3) is 0 Å². The summed E-state index contributed by atoms with van der Waals surface area (Å²) in [6, 6.07) is 9.67. The first kappa shape index (κ1) is 14.4. The molecule has 0 fully saturated rings. The Morgan fingerprint density at radius 1 is 1.35 bits per heavy atom. The quantitative estimate of drug-likeness (QED) is 0.939. The summed E-state index contributed by atoms with van der Waals surface area (Å²) in [6.45, 7) is 4.72. The van der Waals surface area contributed by atoms with Crippen LogP contribution in [0.3, 0.4) is 0 Å². The van der Waals surface area contributed by atoms with Gasteiger partial charge < -0.3 is 5.73 Å². The number of benzene rings is 1. The second kappa shape index (κ2) is 5.98. The van der Waals surface area contributed by atoms with Gasteiger partial charge in [-0.2, -0.15) is 10.4 Å². The van der Waals surface area contributed by atoms with Gasteiger partial charge >= 0.3 is 0 Å². The van der Waals surface area contributed by atoms with Crippen LogP contribution in [-0.4, -0.2) is 9.78 Å². The summed E-state index contributed by atoms with van der Waals surface area (Å²) in [7, 11) is 0. The predicted molar refractivity (Wildman–Crippen MR) is 80.5 cm³/mol. The van der Waals surface area contributed by atoms with E-state index in [1.165, 1.54) is 0 Å². The SMILES string of the molecule is CC(C)Cc1nn(Cc2ccc(Cl)cc2)c(N)c1C#N. The van der Waals surface area contributed by atoms with Gasteiger partial charge in [-0.05, 0) is 30.0 Å². The molecule has 1 aromatic carbocycles. The minimum Gasteiger partial charge on any atom is -0.383 e. The van der Waals surface area contributed by atoms with Crippen LogP contribution in [0.25, 0.3) is 0 Å². The maximum absolute atomic E-state index is 9.23. The van der Waals surface area contributed by atoms with E-state index in [-0.39, 0.29) is 0 Å². The van der Waals surface area contributed by atoms with Crippen molar-refractivity contribution >= 4 is 17.4 Å². The molecule has 1 heterocycles. The maximum Gasteiger partial charge on any atom is 0.140 e. The molecule has 0 aliphatic heterocycles. The average Bonchev–Trinajstić information content (AvgIpc) is 2.67. The first-order chi connectivity index (χ1) is 9.51. The molecule has 0 aliphatic rings. The molecule has 4 nitrogen and oxygen atoms in total. The van der Waals surface area contributed by atoms with Gasteiger partial charge in [-0.3, -0.25) is 0 Å². The lowest BCUT2D eigenvalue weighted by atomic mass is 10.1. The highest BCUT2D eigenvalue weighted by Crippen LogP contribution is 2.20. The number of nitrogens with zero attached hydrogens (tertiary/aromatic N) is 3. The molecule has 2 aromatic rings. The minimum atomic E-state index is 0.429. The number of halogens is 1. The summed E-state index contributed by atoms with van der Waals surface area (Å²) < 4.78 is 1.68. The number of aromatic nitrogens is 2. The van der Waals surface area contributed by atoms with Crippen molar-refractivity contribution in [3.63, 3.8) is 0 Å². The lowest BCUT2D eigenvalue weighted by Crippen LogP contribution is -2.06. The summed E-state index contributed by atoms with van der Waals surface area (Å²) in [5.41, 5.74) is 8.33. The highest BCUT2D eigenvalue weighted by Gasteiger charge is 2.16. The molecule has 0 aliphatic carbocycles. The molecule has 0 bridgehead atoms. The number of rotatable bonds is 4. The van der Waals surface area contributed by atoms with Crippen molar-refractivity contribution in [2.75, 3.05) is 5.73 Å². The van der Waals surface area contributed by atoms with Crippen LogP contribution in [0.4, 0.5) is 5.82 Å². The standard InChI is InChI=1S/C15H17ClN4/c1-10(2)7-14-13(8-17)15(18)20(19-14)9-11-3-5-12(16)6-4-11/h3-6,10H,7,9,18H2,1-2H3. The number of nitrogen functional groups attached to an aromatic ring is 1. The summed E-state index contributed by atoms with van der Waals surface area (Å²) in [5, 5.41) is 14.4. The molecule has 0 spiro atoms. The summed E-state index contributed by atoms with van der Waals surface area (Å²) in [5.74, 6) is 0.860. The molecule has 0 radical (unpaired) electrons. The molecule has 5 heteroatoms. The van der Waals surface area contributed by atoms with Crippen molar-refractivity contribution in [1.82, 2.24) is 9.78 Å². The first-order valence-corrected chi connectivity index (χ1v) is 6.88. The fraction of sp³-hybridized carbons (Fsp3) is 0.333. The fourth-order valence-corrected chi connectivity index (χ4v) is 2.19. The van der Waals surface area contributed by atoms with Crippen LogP contribution in [0.2, 0.25) is 5.02 Å². The Kier molecular flexibility index (Phi) is 4.31. The largest absolute Gasteiger partial charge is 0.383 e. The van der Waals surface area contributed by atoms with E-state index in [2.05, 4.69) is 25.0 Å². The molecule has 0 atom stereocenters. The van der Waals surface area contributed by atoms with Gasteiger partial charge in [-0.25, -0.2) is 4.68 Å². The average molecular weight is 289 g/mol. The molecule has 20 heavy (non-hydrogen) atoms. The van der Waals surface area contributed by atoms with Crippen molar-refractivity contribution in [1.29, 1.82) is 5.26 Å². The third kappa shape index (κ3) is 3.12. The van der Waals surface area contributed by atoms with E-state index in [0.717, 1.165) is 17.7 Å². The van der Waals surface area contributed by atoms with Crippen LogP contribution in [0, 0.1) is 17.2 Å². The molecule has 2 N–H and O–H groups in total. The van der Waals surface area contributed by atoms with Crippen LogP contribution in [0.1, 0.15) is 30.7 Å². The number of nitriles is 1. The van der Waals surface area contributed by atoms with Gasteiger partial charge in [0.05, 0.1) is 12.2 Å². The molecule has 0 saturated heterocycles.